The van der Waals surface area contributed by atoms with E-state index in [2.05, 4.69) is 21.4 Å². The molecule has 0 aliphatic rings. The number of carbonyl (C=O) groups excluding carboxylic acids is 1. The molecule has 2 N–H and O–H groups in total. The Kier molecular flexibility index (Phi) is 5.75. The molecule has 0 aliphatic carbocycles. The van der Waals surface area contributed by atoms with Crippen molar-refractivity contribution < 1.29 is 14.3 Å². The van der Waals surface area contributed by atoms with E-state index in [-0.39, 0.29) is 11.6 Å². The molecule has 1 atom stereocenters. The fraction of sp³-hybridized carbons (Fsp3) is 0.286. The van der Waals surface area contributed by atoms with Gasteiger partial charge in [0.25, 0.3) is 5.56 Å². The molecule has 3 aromatic rings. The lowest BCUT2D eigenvalue weighted by molar-refractivity contribution is 0.0601. The molecule has 28 heavy (non-hydrogen) atoms. The normalized spacial score (nSPS) is 12.0. The second-order valence-electron chi connectivity index (χ2n) is 6.58. The third-order valence-electron chi connectivity index (χ3n) is 4.60. The summed E-state index contributed by atoms with van der Waals surface area (Å²) in [6.45, 7) is 4.40. The molecule has 1 aromatic heterocycles. The molecule has 0 aliphatic heterocycles. The van der Waals surface area contributed by atoms with Crippen LogP contribution in [0.2, 0.25) is 0 Å². The van der Waals surface area contributed by atoms with E-state index < -0.39 is 5.97 Å². The van der Waals surface area contributed by atoms with Crippen LogP contribution in [0.5, 0.6) is 5.75 Å². The number of aryl methyl sites for hydroxylation is 1. The maximum Gasteiger partial charge on any atom is 0.337 e. The standard InChI is InChI=1S/C21H23N3O4/c1-12-5-8-18(27-3)16(9-12)13(2)22-11-19-23-17-10-14(21(26)28-4)6-7-15(17)20(25)24-19/h5-10,13,22H,11H2,1-4H3,(H,23,24,25)/t13-/m0/s1. The molecular weight excluding hydrogens is 358 g/mol. The first kappa shape index (κ1) is 19.6. The molecule has 1 heterocycles. The molecule has 0 amide bonds. The van der Waals surface area contributed by atoms with Crippen LogP contribution < -0.4 is 15.6 Å². The van der Waals surface area contributed by atoms with Crippen LogP contribution in [-0.4, -0.2) is 30.2 Å². The SMILES string of the molecule is COC(=O)c1ccc2c(=O)[nH]c(CN[C@@H](C)c3cc(C)ccc3OC)nc2c1. The summed E-state index contributed by atoms with van der Waals surface area (Å²) in [6, 6.07) is 10.7. The maximum atomic E-state index is 12.4. The first-order chi connectivity index (χ1) is 13.4. The number of aromatic amines is 1. The molecule has 0 unspecified atom stereocenters. The summed E-state index contributed by atoms with van der Waals surface area (Å²) in [5.74, 6) is 0.815. The first-order valence-electron chi connectivity index (χ1n) is 8.92. The number of carbonyl (C=O) groups is 1. The van der Waals surface area contributed by atoms with E-state index in [0.29, 0.717) is 28.8 Å². The van der Waals surface area contributed by atoms with Gasteiger partial charge in [-0.2, -0.15) is 0 Å². The summed E-state index contributed by atoms with van der Waals surface area (Å²) in [5.41, 5.74) is 2.71. The van der Waals surface area contributed by atoms with Gasteiger partial charge in [0.2, 0.25) is 0 Å². The van der Waals surface area contributed by atoms with Crippen molar-refractivity contribution in [3.63, 3.8) is 0 Å². The van der Waals surface area contributed by atoms with Crippen molar-refractivity contribution in [1.82, 2.24) is 15.3 Å². The van der Waals surface area contributed by atoms with Gasteiger partial charge in [-0.05, 0) is 38.1 Å². The molecule has 7 heteroatoms. The lowest BCUT2D eigenvalue weighted by Gasteiger charge is -2.18. The molecule has 0 radical (unpaired) electrons. The molecule has 7 nitrogen and oxygen atoms in total. The number of hydrogen-bond acceptors (Lipinski definition) is 6. The van der Waals surface area contributed by atoms with Crippen molar-refractivity contribution in [3.05, 3.63) is 69.3 Å². The lowest BCUT2D eigenvalue weighted by Crippen LogP contribution is -2.22. The fourth-order valence-electron chi connectivity index (χ4n) is 3.07. The van der Waals surface area contributed by atoms with Crippen LogP contribution in [0, 0.1) is 6.92 Å². The molecule has 0 spiro atoms. The van der Waals surface area contributed by atoms with Crippen LogP contribution in [0.4, 0.5) is 0 Å². The van der Waals surface area contributed by atoms with E-state index in [1.54, 1.807) is 25.3 Å². The highest BCUT2D eigenvalue weighted by molar-refractivity contribution is 5.93. The van der Waals surface area contributed by atoms with Gasteiger partial charge in [0.1, 0.15) is 11.6 Å². The summed E-state index contributed by atoms with van der Waals surface area (Å²) < 4.78 is 10.2. The molecule has 0 saturated carbocycles. The van der Waals surface area contributed by atoms with Gasteiger partial charge >= 0.3 is 5.97 Å². The Balaban J connectivity index is 1.85. The number of esters is 1. The minimum atomic E-state index is -0.469. The molecule has 3 rings (SSSR count). The summed E-state index contributed by atoms with van der Waals surface area (Å²) in [7, 11) is 2.95. The third-order valence-corrected chi connectivity index (χ3v) is 4.60. The number of ether oxygens (including phenoxy) is 2. The predicted octanol–water partition coefficient (Wildman–Crippen LogP) is 2.88. The van der Waals surface area contributed by atoms with Crippen LogP contribution in [0.3, 0.4) is 0 Å². The van der Waals surface area contributed by atoms with Gasteiger partial charge in [-0.3, -0.25) is 4.79 Å². The maximum absolute atomic E-state index is 12.4. The number of hydrogen-bond donors (Lipinski definition) is 2. The predicted molar refractivity (Wildman–Crippen MR) is 107 cm³/mol. The number of aromatic nitrogens is 2. The van der Waals surface area contributed by atoms with Crippen LogP contribution in [-0.2, 0) is 11.3 Å². The fourth-order valence-corrected chi connectivity index (χ4v) is 3.07. The summed E-state index contributed by atoms with van der Waals surface area (Å²) in [5, 5.41) is 3.77. The van der Waals surface area contributed by atoms with Gasteiger partial charge in [-0.1, -0.05) is 17.7 Å². The second kappa shape index (κ2) is 8.22. The van der Waals surface area contributed by atoms with E-state index >= 15 is 0 Å². The van der Waals surface area contributed by atoms with E-state index in [1.807, 2.05) is 26.0 Å². The Morgan fingerprint density at radius 2 is 2.00 bits per heavy atom. The van der Waals surface area contributed by atoms with Crippen LogP contribution >= 0.6 is 0 Å². The number of fused-ring (bicyclic) bond motifs is 1. The van der Waals surface area contributed by atoms with Gasteiger partial charge in [0, 0.05) is 11.6 Å². The zero-order valence-corrected chi connectivity index (χ0v) is 16.3. The summed E-state index contributed by atoms with van der Waals surface area (Å²) in [6.07, 6.45) is 0. The van der Waals surface area contributed by atoms with E-state index in [9.17, 15) is 9.59 Å². The minimum Gasteiger partial charge on any atom is -0.496 e. The molecule has 0 saturated heterocycles. The number of nitrogens with zero attached hydrogens (tertiary/aromatic N) is 1. The number of methoxy groups -OCH3 is 2. The van der Waals surface area contributed by atoms with Gasteiger partial charge in [0.05, 0.1) is 37.2 Å². The Labute approximate surface area is 162 Å². The lowest BCUT2D eigenvalue weighted by atomic mass is 10.0. The minimum absolute atomic E-state index is 0.0164. The Morgan fingerprint density at radius 3 is 2.71 bits per heavy atom. The number of H-pyrrole nitrogens is 1. The Morgan fingerprint density at radius 1 is 1.21 bits per heavy atom. The van der Waals surface area contributed by atoms with Gasteiger partial charge < -0.3 is 19.8 Å². The first-order valence-corrected chi connectivity index (χ1v) is 8.92. The van der Waals surface area contributed by atoms with Crippen molar-refractivity contribution in [2.45, 2.75) is 26.4 Å². The quantitative estimate of drug-likeness (QED) is 0.638. The van der Waals surface area contributed by atoms with Crippen molar-refractivity contribution in [2.24, 2.45) is 0 Å². The molecule has 0 fully saturated rings. The molecule has 2 aromatic carbocycles. The van der Waals surface area contributed by atoms with Gasteiger partial charge in [0.15, 0.2) is 0 Å². The van der Waals surface area contributed by atoms with Crippen LogP contribution in [0.15, 0.2) is 41.2 Å². The van der Waals surface area contributed by atoms with Crippen molar-refractivity contribution in [3.8, 4) is 5.75 Å². The number of nitrogens with one attached hydrogen (secondary N) is 2. The van der Waals surface area contributed by atoms with E-state index in [4.69, 9.17) is 9.47 Å². The largest absolute Gasteiger partial charge is 0.496 e. The summed E-state index contributed by atoms with van der Waals surface area (Å²) in [4.78, 5) is 31.3. The average molecular weight is 381 g/mol. The van der Waals surface area contributed by atoms with Gasteiger partial charge in [-0.25, -0.2) is 9.78 Å². The van der Waals surface area contributed by atoms with Crippen LogP contribution in [0.25, 0.3) is 10.9 Å². The summed E-state index contributed by atoms with van der Waals surface area (Å²) >= 11 is 0. The zero-order valence-electron chi connectivity index (χ0n) is 16.3. The van der Waals surface area contributed by atoms with Crippen molar-refractivity contribution in [1.29, 1.82) is 0 Å². The average Bonchev–Trinajstić information content (AvgIpc) is 2.70. The van der Waals surface area contributed by atoms with Crippen molar-refractivity contribution in [2.75, 3.05) is 14.2 Å². The van der Waals surface area contributed by atoms with Crippen molar-refractivity contribution >= 4 is 16.9 Å². The highest BCUT2D eigenvalue weighted by Gasteiger charge is 2.13. The topological polar surface area (TPSA) is 93.3 Å². The molecular formula is C21H23N3O4. The van der Waals surface area contributed by atoms with E-state index in [0.717, 1.165) is 16.9 Å². The zero-order chi connectivity index (χ0) is 20.3. The number of benzene rings is 2. The monoisotopic (exact) mass is 381 g/mol. The smallest absolute Gasteiger partial charge is 0.337 e. The van der Waals surface area contributed by atoms with Crippen LogP contribution in [0.1, 0.15) is 40.3 Å². The Hall–Kier alpha value is -3.19. The number of rotatable bonds is 6. The van der Waals surface area contributed by atoms with Gasteiger partial charge in [-0.15, -0.1) is 0 Å². The highest BCUT2D eigenvalue weighted by Crippen LogP contribution is 2.26. The highest BCUT2D eigenvalue weighted by atomic mass is 16.5. The molecule has 0 bridgehead atoms. The third kappa shape index (κ3) is 4.04. The Bertz CT molecular complexity index is 1070. The second-order valence-corrected chi connectivity index (χ2v) is 6.58. The molecule has 146 valence electrons. The van der Waals surface area contributed by atoms with E-state index in [1.165, 1.54) is 7.11 Å².